The number of benzene rings is 1. The van der Waals surface area contributed by atoms with Crippen LogP contribution in [0.25, 0.3) is 22.3 Å². The SMILES string of the molecule is CC[C@@]1(OC(C)=O)C(=O)OCc2c1cc1n(c2=O)Cc2c-1nc1ccc([N+](=O)[O-])cc1c2Cl. The van der Waals surface area contributed by atoms with Gasteiger partial charge in [0.1, 0.15) is 6.61 Å². The Bertz CT molecular complexity index is 1480. The molecule has 0 saturated carbocycles. The minimum absolute atomic E-state index is 0.0732. The lowest BCUT2D eigenvalue weighted by Gasteiger charge is -2.35. The van der Waals surface area contributed by atoms with Crippen LogP contribution in [-0.2, 0) is 37.8 Å². The molecule has 10 nitrogen and oxygen atoms in total. The van der Waals surface area contributed by atoms with Gasteiger partial charge in [-0.1, -0.05) is 18.5 Å². The van der Waals surface area contributed by atoms with Crippen LogP contribution in [-0.4, -0.2) is 26.4 Å². The number of carbonyl (C=O) groups is 2. The predicted octanol–water partition coefficient (Wildman–Crippen LogP) is 3.21. The van der Waals surface area contributed by atoms with Gasteiger partial charge in [-0.05, 0) is 18.6 Å². The van der Waals surface area contributed by atoms with E-state index in [4.69, 9.17) is 21.1 Å². The van der Waals surface area contributed by atoms with Crippen LogP contribution in [0.2, 0.25) is 5.02 Å². The fourth-order valence-electron chi connectivity index (χ4n) is 4.54. The van der Waals surface area contributed by atoms with Crippen LogP contribution in [0.1, 0.15) is 37.0 Å². The average molecular weight is 470 g/mol. The molecule has 5 rings (SSSR count). The summed E-state index contributed by atoms with van der Waals surface area (Å²) in [5.41, 5.74) is -0.00677. The maximum absolute atomic E-state index is 13.4. The number of nitro benzene ring substituents is 1. The highest BCUT2D eigenvalue weighted by atomic mass is 35.5. The van der Waals surface area contributed by atoms with Crippen molar-refractivity contribution in [2.75, 3.05) is 0 Å². The van der Waals surface area contributed by atoms with Crippen molar-refractivity contribution in [3.8, 4) is 11.4 Å². The van der Waals surface area contributed by atoms with Crippen molar-refractivity contribution >= 4 is 40.1 Å². The Balaban J connectivity index is 1.78. The number of pyridine rings is 2. The van der Waals surface area contributed by atoms with E-state index >= 15 is 0 Å². The number of nitrogens with zero attached hydrogens (tertiary/aromatic N) is 3. The number of carbonyl (C=O) groups excluding carboxylic acids is 2. The summed E-state index contributed by atoms with van der Waals surface area (Å²) in [6.45, 7) is 2.69. The molecular formula is C22H16ClN3O7. The van der Waals surface area contributed by atoms with Gasteiger partial charge < -0.3 is 14.0 Å². The van der Waals surface area contributed by atoms with Crippen LogP contribution in [0.4, 0.5) is 5.69 Å². The largest absolute Gasteiger partial charge is 0.457 e. The van der Waals surface area contributed by atoms with E-state index in [1.807, 2.05) is 0 Å². The van der Waals surface area contributed by atoms with E-state index in [0.717, 1.165) is 0 Å². The van der Waals surface area contributed by atoms with Gasteiger partial charge in [-0.25, -0.2) is 9.78 Å². The summed E-state index contributed by atoms with van der Waals surface area (Å²) in [6.07, 6.45) is 0.0732. The predicted molar refractivity (Wildman–Crippen MR) is 116 cm³/mol. The molecule has 2 aliphatic heterocycles. The third kappa shape index (κ3) is 2.87. The molecule has 168 valence electrons. The van der Waals surface area contributed by atoms with Crippen molar-refractivity contribution in [1.29, 1.82) is 0 Å². The first-order valence-corrected chi connectivity index (χ1v) is 10.5. The second-order valence-electron chi connectivity index (χ2n) is 7.87. The molecule has 0 amide bonds. The quantitative estimate of drug-likeness (QED) is 0.254. The number of hydrogen-bond acceptors (Lipinski definition) is 8. The first-order chi connectivity index (χ1) is 15.7. The van der Waals surface area contributed by atoms with Crippen molar-refractivity contribution in [1.82, 2.24) is 9.55 Å². The van der Waals surface area contributed by atoms with Crippen LogP contribution in [0.5, 0.6) is 0 Å². The number of halogens is 1. The lowest BCUT2D eigenvalue weighted by atomic mass is 9.85. The summed E-state index contributed by atoms with van der Waals surface area (Å²) in [7, 11) is 0. The van der Waals surface area contributed by atoms with Gasteiger partial charge in [-0.15, -0.1) is 0 Å². The van der Waals surface area contributed by atoms with E-state index in [2.05, 4.69) is 4.98 Å². The average Bonchev–Trinajstić information content (AvgIpc) is 3.15. The molecule has 0 N–H and O–H groups in total. The zero-order valence-electron chi connectivity index (χ0n) is 17.5. The normalized spacial score (nSPS) is 18.3. The standard InChI is InChI=1S/C22H16ClN3O7/c1-3-22(33-10(2)27)15-7-17-19-13(8-25(17)20(28)14(15)9-32-21(22)29)18(23)12-6-11(26(30)31)4-5-16(12)24-19/h4-7H,3,8-9H2,1-2H3/t22-/m0/s1. The summed E-state index contributed by atoms with van der Waals surface area (Å²) in [4.78, 5) is 53.2. The second kappa shape index (κ2) is 7.11. The van der Waals surface area contributed by atoms with Crippen molar-refractivity contribution in [2.45, 2.75) is 39.0 Å². The monoisotopic (exact) mass is 469 g/mol. The Hall–Kier alpha value is -3.79. The molecule has 4 heterocycles. The first-order valence-electron chi connectivity index (χ1n) is 10.1. The van der Waals surface area contributed by atoms with Crippen molar-refractivity contribution in [3.63, 3.8) is 0 Å². The topological polar surface area (TPSA) is 131 Å². The number of aromatic nitrogens is 2. The molecule has 0 aliphatic carbocycles. The van der Waals surface area contributed by atoms with Gasteiger partial charge in [-0.3, -0.25) is 19.7 Å². The Morgan fingerprint density at radius 3 is 2.76 bits per heavy atom. The van der Waals surface area contributed by atoms with Gasteiger partial charge in [0, 0.05) is 35.6 Å². The molecule has 0 saturated heterocycles. The zero-order valence-corrected chi connectivity index (χ0v) is 18.3. The van der Waals surface area contributed by atoms with Crippen LogP contribution in [0, 0.1) is 10.1 Å². The van der Waals surface area contributed by atoms with E-state index in [1.165, 1.54) is 29.7 Å². The summed E-state index contributed by atoms with van der Waals surface area (Å²) < 4.78 is 12.1. The van der Waals surface area contributed by atoms with Crippen molar-refractivity contribution in [2.24, 2.45) is 0 Å². The molecule has 1 atom stereocenters. The molecule has 2 aromatic heterocycles. The smallest absolute Gasteiger partial charge is 0.355 e. The second-order valence-corrected chi connectivity index (χ2v) is 8.25. The molecule has 0 radical (unpaired) electrons. The van der Waals surface area contributed by atoms with Crippen LogP contribution in [0.3, 0.4) is 0 Å². The summed E-state index contributed by atoms with van der Waals surface area (Å²) in [6, 6.07) is 5.78. The summed E-state index contributed by atoms with van der Waals surface area (Å²) >= 11 is 6.61. The molecule has 33 heavy (non-hydrogen) atoms. The highest BCUT2D eigenvalue weighted by Crippen LogP contribution is 2.43. The van der Waals surface area contributed by atoms with E-state index in [0.29, 0.717) is 27.9 Å². The van der Waals surface area contributed by atoms with Gasteiger partial charge >= 0.3 is 11.9 Å². The van der Waals surface area contributed by atoms with Gasteiger partial charge in [0.2, 0.25) is 5.60 Å². The molecular weight excluding hydrogens is 454 g/mol. The molecule has 0 unspecified atom stereocenters. The van der Waals surface area contributed by atoms with Gasteiger partial charge in [0.25, 0.3) is 11.2 Å². The highest BCUT2D eigenvalue weighted by molar-refractivity contribution is 6.36. The third-order valence-corrected chi connectivity index (χ3v) is 6.53. The minimum atomic E-state index is -1.74. The summed E-state index contributed by atoms with van der Waals surface area (Å²) in [5, 5.41) is 11.8. The van der Waals surface area contributed by atoms with E-state index < -0.39 is 28.0 Å². The maximum Gasteiger partial charge on any atom is 0.355 e. The molecule has 11 heteroatoms. The Kier molecular flexibility index (Phi) is 4.54. The number of fused-ring (bicyclic) bond motifs is 5. The van der Waals surface area contributed by atoms with Gasteiger partial charge in [0.05, 0.1) is 39.0 Å². The first kappa shape index (κ1) is 21.1. The number of ether oxygens (including phenoxy) is 2. The van der Waals surface area contributed by atoms with E-state index in [9.17, 15) is 24.5 Å². The maximum atomic E-state index is 13.4. The molecule has 0 spiro atoms. The number of nitro groups is 1. The van der Waals surface area contributed by atoms with Crippen LogP contribution < -0.4 is 5.56 Å². The number of cyclic esters (lactones) is 1. The number of hydrogen-bond donors (Lipinski definition) is 0. The molecule has 2 aliphatic rings. The van der Waals surface area contributed by atoms with Gasteiger partial charge in [0.15, 0.2) is 0 Å². The van der Waals surface area contributed by atoms with E-state index in [1.54, 1.807) is 13.0 Å². The Morgan fingerprint density at radius 1 is 1.33 bits per heavy atom. The highest BCUT2D eigenvalue weighted by Gasteiger charge is 2.50. The molecule has 3 aromatic rings. The summed E-state index contributed by atoms with van der Waals surface area (Å²) in [5.74, 6) is -1.43. The van der Waals surface area contributed by atoms with E-state index in [-0.39, 0.29) is 41.4 Å². The molecule has 0 fully saturated rings. The number of esters is 2. The molecule has 1 aromatic carbocycles. The zero-order chi connectivity index (χ0) is 23.7. The Morgan fingerprint density at radius 2 is 2.09 bits per heavy atom. The Labute approximate surface area is 190 Å². The number of rotatable bonds is 3. The van der Waals surface area contributed by atoms with Crippen LogP contribution in [0.15, 0.2) is 29.1 Å². The minimum Gasteiger partial charge on any atom is -0.457 e. The lowest BCUT2D eigenvalue weighted by molar-refractivity contribution is -0.384. The number of non-ortho nitro benzene ring substituents is 1. The van der Waals surface area contributed by atoms with Gasteiger partial charge in [-0.2, -0.15) is 0 Å². The fraction of sp³-hybridized carbons (Fsp3) is 0.273. The fourth-order valence-corrected chi connectivity index (χ4v) is 4.84. The van der Waals surface area contributed by atoms with Crippen molar-refractivity contribution in [3.05, 3.63) is 66.4 Å². The van der Waals surface area contributed by atoms with Crippen molar-refractivity contribution < 1.29 is 24.0 Å². The van der Waals surface area contributed by atoms with Crippen LogP contribution >= 0.6 is 11.6 Å². The third-order valence-electron chi connectivity index (χ3n) is 6.10. The molecule has 0 bridgehead atoms. The lowest BCUT2D eigenvalue weighted by Crippen LogP contribution is -2.47.